The average Bonchev–Trinajstić information content (AvgIpc) is 3.18. The van der Waals surface area contributed by atoms with Crippen molar-refractivity contribution in [3.63, 3.8) is 0 Å². The van der Waals surface area contributed by atoms with Crippen LogP contribution in [-0.2, 0) is 26.5 Å². The first-order valence-corrected chi connectivity index (χ1v) is 7.62. The van der Waals surface area contributed by atoms with Gasteiger partial charge in [-0.15, -0.1) is 0 Å². The van der Waals surface area contributed by atoms with Crippen LogP contribution in [0.2, 0.25) is 0 Å². The second kappa shape index (κ2) is 5.87. The summed E-state index contributed by atoms with van der Waals surface area (Å²) >= 11 is 6.19. The highest BCUT2D eigenvalue weighted by Gasteiger charge is 2.73. The van der Waals surface area contributed by atoms with Gasteiger partial charge >= 0.3 is 5.97 Å². The number of hydrogen-bond acceptors (Lipinski definition) is 4. The van der Waals surface area contributed by atoms with E-state index < -0.39 is 16.6 Å². The Bertz CT molecular complexity index is 701. The predicted octanol–water partition coefficient (Wildman–Crippen LogP) is 3.62. The smallest absolute Gasteiger partial charge is 0.357 e. The van der Waals surface area contributed by atoms with Crippen molar-refractivity contribution in [2.45, 2.75) is 24.2 Å². The van der Waals surface area contributed by atoms with Gasteiger partial charge in [-0.25, -0.2) is 4.79 Å². The average molecular weight is 333 g/mol. The van der Waals surface area contributed by atoms with Crippen molar-refractivity contribution in [2.75, 3.05) is 7.11 Å². The van der Waals surface area contributed by atoms with Crippen molar-refractivity contribution in [1.29, 1.82) is 0 Å². The fraction of sp³-hybridized carbons (Fsp3) is 0.278. The molecule has 4 nitrogen and oxygen atoms in total. The summed E-state index contributed by atoms with van der Waals surface area (Å²) in [6.45, 7) is 2.26. The molecule has 0 saturated carbocycles. The van der Waals surface area contributed by atoms with Gasteiger partial charge in [0.1, 0.15) is 18.0 Å². The molecule has 0 spiro atoms. The van der Waals surface area contributed by atoms with Gasteiger partial charge in [0.15, 0.2) is 0 Å². The molecule has 23 heavy (non-hydrogen) atoms. The largest absolute Gasteiger partial charge is 0.489 e. The number of halogens is 1. The quantitative estimate of drug-likeness (QED) is 0.476. The lowest BCUT2D eigenvalue weighted by Gasteiger charge is -2.11. The van der Waals surface area contributed by atoms with Crippen LogP contribution in [0.15, 0.2) is 54.6 Å². The molecule has 0 radical (unpaired) electrons. The van der Waals surface area contributed by atoms with Gasteiger partial charge in [0.25, 0.3) is 5.06 Å². The molecule has 1 heterocycles. The highest BCUT2D eigenvalue weighted by molar-refractivity contribution is 6.35. The zero-order chi connectivity index (χ0) is 16.5. The standard InChI is InChI=1S/C18H17ClO4/c1-17(18(19,23-17)16(20)21-2)14-8-10-15(11-9-14)22-12-13-6-4-3-5-7-13/h3-11H,12H2,1-2H3. The van der Waals surface area contributed by atoms with Crippen LogP contribution in [0.5, 0.6) is 5.75 Å². The van der Waals surface area contributed by atoms with E-state index in [1.54, 1.807) is 6.92 Å². The number of carbonyl (C=O) groups excluding carboxylic acids is 1. The van der Waals surface area contributed by atoms with E-state index in [-0.39, 0.29) is 0 Å². The third kappa shape index (κ3) is 2.80. The Labute approximate surface area is 139 Å². The Balaban J connectivity index is 1.67. The van der Waals surface area contributed by atoms with E-state index >= 15 is 0 Å². The van der Waals surface area contributed by atoms with E-state index in [4.69, 9.17) is 21.1 Å². The van der Waals surface area contributed by atoms with Gasteiger partial charge in [0.2, 0.25) is 0 Å². The third-order valence-corrected chi connectivity index (χ3v) is 4.61. The molecular formula is C18H17ClO4. The van der Waals surface area contributed by atoms with Crippen molar-refractivity contribution in [3.8, 4) is 5.75 Å². The van der Waals surface area contributed by atoms with Crippen molar-refractivity contribution < 1.29 is 19.0 Å². The van der Waals surface area contributed by atoms with E-state index in [0.717, 1.165) is 16.9 Å². The highest BCUT2D eigenvalue weighted by atomic mass is 35.5. The van der Waals surface area contributed by atoms with Crippen LogP contribution in [0, 0.1) is 0 Å². The molecule has 0 aliphatic carbocycles. The zero-order valence-corrected chi connectivity index (χ0v) is 13.7. The van der Waals surface area contributed by atoms with Crippen molar-refractivity contribution in [2.24, 2.45) is 0 Å². The minimum absolute atomic E-state index is 0.496. The summed E-state index contributed by atoms with van der Waals surface area (Å²) in [5, 5.41) is -1.45. The first-order valence-electron chi connectivity index (χ1n) is 7.24. The monoisotopic (exact) mass is 332 g/mol. The van der Waals surface area contributed by atoms with Gasteiger partial charge in [0, 0.05) is 0 Å². The number of rotatable bonds is 5. The number of carbonyl (C=O) groups is 1. The molecule has 0 aromatic heterocycles. The van der Waals surface area contributed by atoms with Crippen molar-refractivity contribution in [1.82, 2.24) is 0 Å². The summed E-state index contributed by atoms with van der Waals surface area (Å²) in [6, 6.07) is 17.3. The fourth-order valence-electron chi connectivity index (χ4n) is 2.48. The summed E-state index contributed by atoms with van der Waals surface area (Å²) in [5.74, 6) is 0.145. The number of esters is 1. The molecule has 5 heteroatoms. The zero-order valence-electron chi connectivity index (χ0n) is 12.9. The highest BCUT2D eigenvalue weighted by Crippen LogP contribution is 2.59. The van der Waals surface area contributed by atoms with Crippen molar-refractivity contribution >= 4 is 17.6 Å². The normalized spacial score (nSPS) is 25.7. The lowest BCUT2D eigenvalue weighted by molar-refractivity contribution is -0.143. The molecular weight excluding hydrogens is 316 g/mol. The summed E-state index contributed by atoms with van der Waals surface area (Å²) in [7, 11) is 1.29. The SMILES string of the molecule is COC(=O)C1(Cl)OC1(C)c1ccc(OCc2ccccc2)cc1. The van der Waals surface area contributed by atoms with Crippen LogP contribution in [0.25, 0.3) is 0 Å². The first kappa shape index (κ1) is 15.8. The molecule has 2 aromatic rings. The van der Waals surface area contributed by atoms with Gasteiger partial charge in [-0.05, 0) is 30.2 Å². The summed E-state index contributed by atoms with van der Waals surface area (Å²) in [6.07, 6.45) is 0. The van der Waals surface area contributed by atoms with E-state index in [0.29, 0.717) is 6.61 Å². The molecule has 1 aliphatic rings. The Morgan fingerprint density at radius 2 is 1.78 bits per heavy atom. The molecule has 0 amide bonds. The Hall–Kier alpha value is -2.04. The Morgan fingerprint density at radius 3 is 2.39 bits per heavy atom. The van der Waals surface area contributed by atoms with Crippen LogP contribution in [0.1, 0.15) is 18.1 Å². The van der Waals surface area contributed by atoms with E-state index in [2.05, 4.69) is 4.74 Å². The maximum absolute atomic E-state index is 11.7. The molecule has 1 aliphatic heterocycles. The van der Waals surface area contributed by atoms with E-state index in [9.17, 15) is 4.79 Å². The van der Waals surface area contributed by atoms with E-state index in [1.807, 2.05) is 54.6 Å². The minimum Gasteiger partial charge on any atom is -0.489 e. The summed E-state index contributed by atoms with van der Waals surface area (Å²) in [5.41, 5.74) is 1.00. The second-order valence-electron chi connectivity index (χ2n) is 5.52. The van der Waals surface area contributed by atoms with Gasteiger partial charge < -0.3 is 14.2 Å². The number of alkyl halides is 1. The maximum Gasteiger partial charge on any atom is 0.357 e. The topological polar surface area (TPSA) is 48.1 Å². The summed E-state index contributed by atoms with van der Waals surface area (Å²) < 4.78 is 15.9. The van der Waals surface area contributed by atoms with Crippen LogP contribution in [0.4, 0.5) is 0 Å². The van der Waals surface area contributed by atoms with Crippen LogP contribution in [0.3, 0.4) is 0 Å². The minimum atomic E-state index is -1.45. The number of benzene rings is 2. The second-order valence-corrected chi connectivity index (χ2v) is 6.05. The van der Waals surface area contributed by atoms with Gasteiger partial charge in [-0.2, -0.15) is 0 Å². The third-order valence-electron chi connectivity index (χ3n) is 4.02. The number of methoxy groups -OCH3 is 1. The van der Waals surface area contributed by atoms with Gasteiger partial charge in [-0.3, -0.25) is 0 Å². The molecule has 0 bridgehead atoms. The fourth-order valence-corrected chi connectivity index (χ4v) is 2.82. The predicted molar refractivity (Wildman–Crippen MR) is 86.3 cm³/mol. The first-order chi connectivity index (χ1) is 11.0. The van der Waals surface area contributed by atoms with Crippen LogP contribution < -0.4 is 4.74 Å². The number of epoxide rings is 1. The molecule has 1 fully saturated rings. The molecule has 120 valence electrons. The van der Waals surface area contributed by atoms with Crippen molar-refractivity contribution in [3.05, 3.63) is 65.7 Å². The van der Waals surface area contributed by atoms with Crippen LogP contribution in [-0.4, -0.2) is 18.1 Å². The molecule has 2 aromatic carbocycles. The molecule has 2 unspecified atom stereocenters. The van der Waals surface area contributed by atoms with Gasteiger partial charge in [-0.1, -0.05) is 54.1 Å². The molecule has 3 rings (SSSR count). The summed E-state index contributed by atoms with van der Waals surface area (Å²) in [4.78, 5) is 11.7. The Kier molecular flexibility index (Phi) is 4.04. The van der Waals surface area contributed by atoms with Crippen LogP contribution >= 0.6 is 11.6 Å². The lowest BCUT2D eigenvalue weighted by atomic mass is 9.97. The van der Waals surface area contributed by atoms with E-state index in [1.165, 1.54) is 7.11 Å². The lowest BCUT2D eigenvalue weighted by Crippen LogP contribution is -2.26. The Morgan fingerprint density at radius 1 is 1.13 bits per heavy atom. The molecule has 1 saturated heterocycles. The number of hydrogen-bond donors (Lipinski definition) is 0. The van der Waals surface area contributed by atoms with Gasteiger partial charge in [0.05, 0.1) is 7.11 Å². The molecule has 2 atom stereocenters. The molecule has 0 N–H and O–H groups in total. The maximum atomic E-state index is 11.7. The number of ether oxygens (including phenoxy) is 3.